The van der Waals surface area contributed by atoms with E-state index in [9.17, 15) is 13.6 Å². The highest BCUT2D eigenvalue weighted by molar-refractivity contribution is 5.74. The number of hydrogen-bond donors (Lipinski definition) is 2. The highest BCUT2D eigenvalue weighted by Gasteiger charge is 2.28. The molecule has 2 aliphatic heterocycles. The van der Waals surface area contributed by atoms with E-state index in [1.165, 1.54) is 0 Å². The van der Waals surface area contributed by atoms with Crippen molar-refractivity contribution in [3.63, 3.8) is 0 Å². The fourth-order valence-corrected chi connectivity index (χ4v) is 5.46. The number of nitrogens with one attached hydrogen (secondary N) is 2. The Labute approximate surface area is 254 Å². The summed E-state index contributed by atoms with van der Waals surface area (Å²) >= 11 is 0. The Kier molecular flexibility index (Phi) is 10.9. The smallest absolute Gasteiger partial charge is 0.317 e. The summed E-state index contributed by atoms with van der Waals surface area (Å²) in [7, 11) is 0. The van der Waals surface area contributed by atoms with Gasteiger partial charge < -0.3 is 20.3 Å². The predicted octanol–water partition coefficient (Wildman–Crippen LogP) is 5.52. The van der Waals surface area contributed by atoms with Crippen LogP contribution in [0.15, 0.2) is 48.5 Å². The first kappa shape index (κ1) is 32.5. The second-order valence-electron chi connectivity index (χ2n) is 13.1. The molecule has 5 rings (SSSR count). The largest absolute Gasteiger partial charge is 0.372 e. The van der Waals surface area contributed by atoms with Gasteiger partial charge in [0.25, 0.3) is 0 Å². The van der Waals surface area contributed by atoms with Crippen molar-refractivity contribution in [1.29, 1.82) is 0 Å². The van der Waals surface area contributed by atoms with Crippen molar-refractivity contribution >= 4 is 6.03 Å². The molecule has 2 aliphatic rings. The molecule has 2 saturated heterocycles. The Balaban J connectivity index is 0.000000208. The van der Waals surface area contributed by atoms with E-state index in [-0.39, 0.29) is 35.0 Å². The Bertz CT molecular complexity index is 1330. The van der Waals surface area contributed by atoms with Crippen LogP contribution < -0.4 is 10.6 Å². The van der Waals surface area contributed by atoms with E-state index >= 15 is 0 Å². The third-order valence-electron chi connectivity index (χ3n) is 7.68. The van der Waals surface area contributed by atoms with Crippen LogP contribution >= 0.6 is 0 Å². The quantitative estimate of drug-likeness (QED) is 0.392. The van der Waals surface area contributed by atoms with Crippen LogP contribution in [0.4, 0.5) is 13.6 Å². The summed E-state index contributed by atoms with van der Waals surface area (Å²) in [6.07, 6.45) is 0.946. The molecule has 1 aromatic heterocycles. The molecule has 0 spiro atoms. The van der Waals surface area contributed by atoms with Gasteiger partial charge in [0.1, 0.15) is 17.5 Å². The predicted molar refractivity (Wildman–Crippen MR) is 165 cm³/mol. The van der Waals surface area contributed by atoms with Gasteiger partial charge in [-0.15, -0.1) is 0 Å². The lowest BCUT2D eigenvalue weighted by Crippen LogP contribution is -2.52. The fourth-order valence-electron chi connectivity index (χ4n) is 5.46. The standard InChI is InChI=1S/C20H21F2N3.C13H25N3O2/c1-20(2,3)12-18-23-19(16-11-15(21)9-10-17(16)22)24-25(18)13-14-7-5-4-6-8-14;1-9-4-14-5-12(9)6-15-13(17)16-7-10(2)18-11(3)8-16/h4-11H,12-13H2,1-3H3;9-12,14H,4-8H2,1-3H3,(H,15,17). The van der Waals surface area contributed by atoms with Crippen molar-refractivity contribution in [2.75, 3.05) is 32.7 Å². The van der Waals surface area contributed by atoms with E-state index in [2.05, 4.69) is 48.4 Å². The minimum absolute atomic E-state index is 0.000770. The number of ether oxygens (including phenoxy) is 1. The van der Waals surface area contributed by atoms with E-state index < -0.39 is 11.6 Å². The van der Waals surface area contributed by atoms with Crippen LogP contribution in [0.1, 0.15) is 52.9 Å². The maximum atomic E-state index is 14.1. The number of halogens is 2. The molecule has 4 unspecified atom stereocenters. The molecule has 0 aliphatic carbocycles. The monoisotopic (exact) mass is 596 g/mol. The number of nitrogens with zero attached hydrogens (tertiary/aromatic N) is 4. The first-order valence-electron chi connectivity index (χ1n) is 15.2. The molecule has 0 bridgehead atoms. The summed E-state index contributed by atoms with van der Waals surface area (Å²) in [5, 5.41) is 10.9. The molecule has 2 aromatic carbocycles. The molecule has 2 fully saturated rings. The zero-order valence-corrected chi connectivity index (χ0v) is 26.2. The van der Waals surface area contributed by atoms with Gasteiger partial charge in [0.2, 0.25) is 0 Å². The van der Waals surface area contributed by atoms with Gasteiger partial charge in [-0.3, -0.25) is 0 Å². The summed E-state index contributed by atoms with van der Waals surface area (Å²) in [6.45, 7) is 17.3. The van der Waals surface area contributed by atoms with E-state index in [4.69, 9.17) is 4.74 Å². The highest BCUT2D eigenvalue weighted by atomic mass is 19.1. The maximum Gasteiger partial charge on any atom is 0.317 e. The molecule has 0 saturated carbocycles. The summed E-state index contributed by atoms with van der Waals surface area (Å²) < 4.78 is 35.0. The molecule has 2 N–H and O–H groups in total. The average molecular weight is 597 g/mol. The number of rotatable bonds is 6. The van der Waals surface area contributed by atoms with Gasteiger partial charge in [-0.2, -0.15) is 5.10 Å². The van der Waals surface area contributed by atoms with E-state index in [1.807, 2.05) is 49.1 Å². The van der Waals surface area contributed by atoms with Crippen molar-refractivity contribution < 1.29 is 18.3 Å². The van der Waals surface area contributed by atoms with Gasteiger partial charge in [-0.05, 0) is 68.0 Å². The highest BCUT2D eigenvalue weighted by Crippen LogP contribution is 2.25. The van der Waals surface area contributed by atoms with Gasteiger partial charge in [-0.1, -0.05) is 58.0 Å². The third-order valence-corrected chi connectivity index (χ3v) is 7.68. The lowest BCUT2D eigenvalue weighted by Gasteiger charge is -2.35. The van der Waals surface area contributed by atoms with Crippen LogP contribution in [0.25, 0.3) is 11.4 Å². The summed E-state index contributed by atoms with van der Waals surface area (Å²) in [5.74, 6) is 1.15. The number of hydrogen-bond acceptors (Lipinski definition) is 5. The zero-order chi connectivity index (χ0) is 31.1. The molecule has 8 nitrogen and oxygen atoms in total. The zero-order valence-electron chi connectivity index (χ0n) is 26.2. The first-order valence-corrected chi connectivity index (χ1v) is 15.2. The minimum Gasteiger partial charge on any atom is -0.372 e. The van der Waals surface area contributed by atoms with Crippen molar-refractivity contribution in [1.82, 2.24) is 30.3 Å². The molecule has 4 atom stereocenters. The van der Waals surface area contributed by atoms with Crippen molar-refractivity contribution in [3.05, 3.63) is 71.6 Å². The normalized spacial score (nSPS) is 22.2. The maximum absolute atomic E-state index is 14.1. The molecule has 10 heteroatoms. The fraction of sp³-hybridized carbons (Fsp3) is 0.545. The van der Waals surface area contributed by atoms with Crippen molar-refractivity contribution in [3.8, 4) is 11.4 Å². The lowest BCUT2D eigenvalue weighted by molar-refractivity contribution is -0.0545. The number of benzene rings is 2. The van der Waals surface area contributed by atoms with Crippen LogP contribution in [0.3, 0.4) is 0 Å². The molecule has 2 amide bonds. The summed E-state index contributed by atoms with van der Waals surface area (Å²) in [4.78, 5) is 18.5. The van der Waals surface area contributed by atoms with Crippen LogP contribution in [0.5, 0.6) is 0 Å². The van der Waals surface area contributed by atoms with Crippen LogP contribution in [-0.4, -0.2) is 70.6 Å². The summed E-state index contributed by atoms with van der Waals surface area (Å²) in [6, 6.07) is 13.3. The average Bonchev–Trinajstić information content (AvgIpc) is 3.53. The SMILES string of the molecule is CC(C)(C)Cc1nc(-c2cc(F)ccc2F)nn1Cc1ccccc1.CC1CN(C(=O)NCC2CNCC2C)CC(C)O1. The third kappa shape index (κ3) is 9.56. The number of morpholine rings is 1. The lowest BCUT2D eigenvalue weighted by atomic mass is 9.92. The molecule has 3 heterocycles. The van der Waals surface area contributed by atoms with Gasteiger partial charge in [-0.25, -0.2) is 23.2 Å². The van der Waals surface area contributed by atoms with E-state index in [0.29, 0.717) is 37.9 Å². The second kappa shape index (κ2) is 14.4. The number of aromatic nitrogens is 3. The number of urea groups is 1. The number of carbonyl (C=O) groups is 1. The van der Waals surface area contributed by atoms with E-state index in [0.717, 1.165) is 49.2 Å². The first-order chi connectivity index (χ1) is 20.4. The Morgan fingerprint density at radius 3 is 2.37 bits per heavy atom. The molecule has 0 radical (unpaired) electrons. The van der Waals surface area contributed by atoms with Crippen LogP contribution in [0, 0.1) is 28.9 Å². The topological polar surface area (TPSA) is 84.3 Å². The Hall–Kier alpha value is -3.37. The molecule has 43 heavy (non-hydrogen) atoms. The minimum atomic E-state index is -0.527. The van der Waals surface area contributed by atoms with Gasteiger partial charge in [0.15, 0.2) is 5.82 Å². The Morgan fingerprint density at radius 1 is 1.05 bits per heavy atom. The Morgan fingerprint density at radius 2 is 1.74 bits per heavy atom. The number of amides is 2. The molecule has 234 valence electrons. The van der Waals surface area contributed by atoms with Crippen LogP contribution in [-0.2, 0) is 17.7 Å². The number of carbonyl (C=O) groups excluding carboxylic acids is 1. The van der Waals surface area contributed by atoms with E-state index in [1.54, 1.807) is 4.68 Å². The van der Waals surface area contributed by atoms with Gasteiger partial charge in [0, 0.05) is 26.1 Å². The summed E-state index contributed by atoms with van der Waals surface area (Å²) in [5.41, 5.74) is 1.16. The van der Waals surface area contributed by atoms with Gasteiger partial charge in [0.05, 0.1) is 24.3 Å². The molecular weight excluding hydrogens is 550 g/mol. The van der Waals surface area contributed by atoms with Gasteiger partial charge >= 0.3 is 6.03 Å². The second-order valence-corrected chi connectivity index (χ2v) is 13.1. The van der Waals surface area contributed by atoms with Crippen molar-refractivity contribution in [2.24, 2.45) is 17.3 Å². The molecular formula is C33H46F2N6O2. The van der Waals surface area contributed by atoms with Crippen molar-refractivity contribution in [2.45, 2.75) is 66.7 Å². The van der Waals surface area contributed by atoms with Crippen LogP contribution in [0.2, 0.25) is 0 Å². The molecule has 3 aromatic rings.